The fourth-order valence-electron chi connectivity index (χ4n) is 3.87. The molecule has 1 fully saturated rings. The van der Waals surface area contributed by atoms with Crippen molar-refractivity contribution in [3.05, 3.63) is 66.6 Å². The number of para-hydroxylation sites is 1. The number of hydrogen-bond acceptors (Lipinski definition) is 7. The second-order valence-electron chi connectivity index (χ2n) is 7.50. The monoisotopic (exact) mass is 418 g/mol. The maximum atomic E-state index is 10.0. The zero-order valence-corrected chi connectivity index (χ0v) is 17.2. The van der Waals surface area contributed by atoms with Crippen LogP contribution in [-0.2, 0) is 0 Å². The molecule has 7 heteroatoms. The van der Waals surface area contributed by atoms with Crippen molar-refractivity contribution in [2.75, 3.05) is 5.32 Å². The minimum atomic E-state index is -0.272. The van der Waals surface area contributed by atoms with E-state index in [1.165, 1.54) is 0 Å². The van der Waals surface area contributed by atoms with Gasteiger partial charge in [-0.3, -0.25) is 4.98 Å². The van der Waals surface area contributed by atoms with E-state index in [4.69, 9.17) is 4.74 Å². The maximum Gasteiger partial charge on any atom is 0.241 e. The number of hydrogen-bond donors (Lipinski definition) is 2. The van der Waals surface area contributed by atoms with Gasteiger partial charge >= 0.3 is 0 Å². The Morgan fingerprint density at radius 3 is 2.67 bits per heavy atom. The lowest BCUT2D eigenvalue weighted by Gasteiger charge is -2.26. The van der Waals surface area contributed by atoms with Crippen LogP contribution < -0.4 is 10.1 Å². The van der Waals surface area contributed by atoms with Crippen molar-refractivity contribution in [2.45, 2.75) is 37.7 Å². The van der Waals surface area contributed by atoms with Crippen LogP contribution in [0.1, 0.15) is 37.3 Å². The van der Waals surface area contributed by atoms with Crippen molar-refractivity contribution in [1.29, 1.82) is 0 Å². The highest BCUT2D eigenvalue weighted by Crippen LogP contribution is 2.37. The Bertz CT molecular complexity index is 1110. The second-order valence-corrected chi connectivity index (χ2v) is 8.53. The number of benzene rings is 2. The van der Waals surface area contributed by atoms with E-state index in [1.54, 1.807) is 23.7 Å². The molecule has 0 radical (unpaired) electrons. The quantitative estimate of drug-likeness (QED) is 0.436. The van der Waals surface area contributed by atoms with Crippen molar-refractivity contribution in [1.82, 2.24) is 15.0 Å². The molecule has 0 aliphatic heterocycles. The summed E-state index contributed by atoms with van der Waals surface area (Å²) < 4.78 is 7.21. The molecule has 0 saturated heterocycles. The summed E-state index contributed by atoms with van der Waals surface area (Å²) >= 11 is 1.62. The molecule has 4 aromatic rings. The van der Waals surface area contributed by atoms with Gasteiger partial charge in [-0.2, -0.15) is 0 Å². The van der Waals surface area contributed by atoms with E-state index in [0.717, 1.165) is 46.0 Å². The Morgan fingerprint density at radius 2 is 1.83 bits per heavy atom. The van der Waals surface area contributed by atoms with E-state index in [9.17, 15) is 5.11 Å². The summed E-state index contributed by atoms with van der Waals surface area (Å²) in [6, 6.07) is 15.8. The van der Waals surface area contributed by atoms with E-state index in [1.807, 2.05) is 42.5 Å². The summed E-state index contributed by atoms with van der Waals surface area (Å²) in [6.07, 6.45) is 6.61. The SMILES string of the molecule is O[C@H]1CCCC(c2nccnc2Oc2ccc(Nc3nc4ccccc4s3)cc2)C1. The molecule has 6 nitrogen and oxygen atoms in total. The summed E-state index contributed by atoms with van der Waals surface area (Å²) in [5.41, 5.74) is 2.76. The molecule has 0 spiro atoms. The molecule has 2 N–H and O–H groups in total. The van der Waals surface area contributed by atoms with Gasteiger partial charge in [-0.15, -0.1) is 0 Å². The van der Waals surface area contributed by atoms with Gasteiger partial charge < -0.3 is 15.2 Å². The predicted molar refractivity (Wildman–Crippen MR) is 119 cm³/mol. The van der Waals surface area contributed by atoms with Gasteiger partial charge in [-0.25, -0.2) is 9.97 Å². The molecule has 2 atom stereocenters. The molecule has 0 amide bonds. The fourth-order valence-corrected chi connectivity index (χ4v) is 4.76. The maximum absolute atomic E-state index is 10.0. The van der Waals surface area contributed by atoms with Crippen molar-refractivity contribution in [3.63, 3.8) is 0 Å². The van der Waals surface area contributed by atoms with Gasteiger partial charge in [0, 0.05) is 24.0 Å². The Morgan fingerprint density at radius 1 is 1.00 bits per heavy atom. The van der Waals surface area contributed by atoms with Crippen molar-refractivity contribution in [2.24, 2.45) is 0 Å². The van der Waals surface area contributed by atoms with Crippen LogP contribution in [-0.4, -0.2) is 26.2 Å². The minimum Gasteiger partial charge on any atom is -0.437 e. The summed E-state index contributed by atoms with van der Waals surface area (Å²) in [5.74, 6) is 1.39. The molecular formula is C23H22N4O2S. The second kappa shape index (κ2) is 8.38. The van der Waals surface area contributed by atoms with Crippen LogP contribution in [0.4, 0.5) is 10.8 Å². The first-order chi connectivity index (χ1) is 14.7. The van der Waals surface area contributed by atoms with Crippen LogP contribution in [0.25, 0.3) is 10.2 Å². The third-order valence-corrected chi connectivity index (χ3v) is 6.29. The highest BCUT2D eigenvalue weighted by molar-refractivity contribution is 7.22. The van der Waals surface area contributed by atoms with Crippen molar-refractivity contribution < 1.29 is 9.84 Å². The number of anilines is 2. The number of nitrogens with zero attached hydrogens (tertiary/aromatic N) is 3. The third kappa shape index (κ3) is 4.13. The smallest absolute Gasteiger partial charge is 0.241 e. The molecule has 0 bridgehead atoms. The van der Waals surface area contributed by atoms with E-state index >= 15 is 0 Å². The van der Waals surface area contributed by atoms with Crippen LogP contribution in [0.3, 0.4) is 0 Å². The number of ether oxygens (including phenoxy) is 1. The molecule has 2 aromatic heterocycles. The zero-order chi connectivity index (χ0) is 20.3. The van der Waals surface area contributed by atoms with Gasteiger partial charge in [0.05, 0.1) is 16.3 Å². The van der Waals surface area contributed by atoms with Gasteiger partial charge in [0.25, 0.3) is 0 Å². The van der Waals surface area contributed by atoms with Gasteiger partial charge in [-0.1, -0.05) is 29.9 Å². The third-order valence-electron chi connectivity index (χ3n) is 5.34. The van der Waals surface area contributed by atoms with Crippen LogP contribution in [0.2, 0.25) is 0 Å². The Kier molecular flexibility index (Phi) is 5.29. The minimum absolute atomic E-state index is 0.178. The Balaban J connectivity index is 1.30. The molecule has 2 aromatic carbocycles. The number of aromatic nitrogens is 3. The van der Waals surface area contributed by atoms with E-state index in [0.29, 0.717) is 18.1 Å². The molecule has 2 heterocycles. The predicted octanol–water partition coefficient (Wildman–Crippen LogP) is 5.64. The van der Waals surface area contributed by atoms with Crippen molar-refractivity contribution in [3.8, 4) is 11.6 Å². The van der Waals surface area contributed by atoms with E-state index < -0.39 is 0 Å². The zero-order valence-electron chi connectivity index (χ0n) is 16.4. The number of aliphatic hydroxyl groups is 1. The molecule has 1 aliphatic rings. The number of fused-ring (bicyclic) bond motifs is 1. The largest absolute Gasteiger partial charge is 0.437 e. The first-order valence-corrected chi connectivity index (χ1v) is 11.0. The number of aliphatic hydroxyl groups excluding tert-OH is 1. The normalized spacial score (nSPS) is 19.0. The molecule has 30 heavy (non-hydrogen) atoms. The van der Waals surface area contributed by atoms with E-state index in [-0.39, 0.29) is 12.0 Å². The lowest BCUT2D eigenvalue weighted by Crippen LogP contribution is -2.19. The molecular weight excluding hydrogens is 396 g/mol. The van der Waals surface area contributed by atoms with E-state index in [2.05, 4.69) is 26.3 Å². The lowest BCUT2D eigenvalue weighted by molar-refractivity contribution is 0.118. The highest BCUT2D eigenvalue weighted by Gasteiger charge is 2.26. The topological polar surface area (TPSA) is 80.2 Å². The van der Waals surface area contributed by atoms with Gasteiger partial charge in [0.2, 0.25) is 5.88 Å². The summed E-state index contributed by atoms with van der Waals surface area (Å²) in [7, 11) is 0. The summed E-state index contributed by atoms with van der Waals surface area (Å²) in [5, 5.41) is 14.2. The number of nitrogens with one attached hydrogen (secondary N) is 1. The van der Waals surface area contributed by atoms with Crippen molar-refractivity contribution >= 4 is 32.4 Å². The van der Waals surface area contributed by atoms with Gasteiger partial charge in [0.15, 0.2) is 5.13 Å². The fraction of sp³-hybridized carbons (Fsp3) is 0.261. The Hall–Kier alpha value is -3.03. The first-order valence-electron chi connectivity index (χ1n) is 10.1. The molecule has 1 saturated carbocycles. The standard InChI is InChI=1S/C23H22N4O2S/c28-17-5-3-4-15(14-17)21-22(25-13-12-24-21)29-18-10-8-16(9-11-18)26-23-27-19-6-1-2-7-20(19)30-23/h1-2,6-13,15,17,28H,3-5,14H2,(H,26,27)/t15?,17-/m0/s1. The summed E-state index contributed by atoms with van der Waals surface area (Å²) in [4.78, 5) is 13.5. The molecule has 1 unspecified atom stereocenters. The van der Waals surface area contributed by atoms with Crippen LogP contribution >= 0.6 is 11.3 Å². The Labute approximate surface area is 178 Å². The van der Waals surface area contributed by atoms with Crippen LogP contribution in [0, 0.1) is 0 Å². The first kappa shape index (κ1) is 19.0. The number of rotatable bonds is 5. The molecule has 1 aliphatic carbocycles. The lowest BCUT2D eigenvalue weighted by atomic mass is 9.85. The average molecular weight is 419 g/mol. The summed E-state index contributed by atoms with van der Waals surface area (Å²) in [6.45, 7) is 0. The number of thiazole rings is 1. The molecule has 5 rings (SSSR count). The van der Waals surface area contributed by atoms with Crippen LogP contribution in [0.15, 0.2) is 60.9 Å². The van der Waals surface area contributed by atoms with Gasteiger partial charge in [-0.05, 0) is 55.7 Å². The van der Waals surface area contributed by atoms with Crippen LogP contribution in [0.5, 0.6) is 11.6 Å². The average Bonchev–Trinajstić information content (AvgIpc) is 3.18. The molecule has 152 valence electrons. The van der Waals surface area contributed by atoms with Gasteiger partial charge in [0.1, 0.15) is 11.4 Å². The highest BCUT2D eigenvalue weighted by atomic mass is 32.1.